The number of rotatable bonds is 1. The van der Waals surface area contributed by atoms with E-state index >= 15 is 0 Å². The van der Waals surface area contributed by atoms with Gasteiger partial charge in [0, 0.05) is 11.8 Å². The van der Waals surface area contributed by atoms with Gasteiger partial charge >= 0.3 is 0 Å². The molecule has 0 aliphatic carbocycles. The van der Waals surface area contributed by atoms with E-state index in [0.717, 1.165) is 4.68 Å². The second-order valence-electron chi connectivity index (χ2n) is 3.41. The zero-order chi connectivity index (χ0) is 11.9. The Labute approximate surface area is 89.5 Å². The molecule has 3 nitrogen and oxygen atoms in total. The molecule has 0 radical (unpaired) electrons. The minimum absolute atomic E-state index is 0.343. The van der Waals surface area contributed by atoms with Gasteiger partial charge < -0.3 is 0 Å². The van der Waals surface area contributed by atoms with Gasteiger partial charge in [0.15, 0.2) is 17.5 Å². The van der Waals surface area contributed by atoms with E-state index in [9.17, 15) is 13.2 Å². The van der Waals surface area contributed by atoms with Gasteiger partial charge in [-0.25, -0.2) is 13.5 Å². The highest BCUT2D eigenvalue weighted by Gasteiger charge is 2.15. The van der Waals surface area contributed by atoms with Crippen LogP contribution in [0.5, 0.6) is 0 Å². The summed E-state index contributed by atoms with van der Waals surface area (Å²) in [7, 11) is 0. The van der Waals surface area contributed by atoms with Crippen LogP contribution in [0, 0.1) is 31.4 Å². The van der Waals surface area contributed by atoms with Crippen LogP contribution in [0.4, 0.5) is 13.2 Å². The third-order valence-corrected chi connectivity index (χ3v) is 2.08. The fourth-order valence-electron chi connectivity index (χ4n) is 1.43. The number of aromatic nitrogens is 3. The summed E-state index contributed by atoms with van der Waals surface area (Å²) >= 11 is 0. The number of halogens is 3. The first-order valence-corrected chi connectivity index (χ1v) is 4.54. The van der Waals surface area contributed by atoms with Gasteiger partial charge in [-0.1, -0.05) is 0 Å². The fourth-order valence-corrected chi connectivity index (χ4v) is 1.43. The van der Waals surface area contributed by atoms with Crippen molar-refractivity contribution in [2.45, 2.75) is 13.8 Å². The summed E-state index contributed by atoms with van der Waals surface area (Å²) in [6.45, 7) is 3.38. The number of hydrogen-bond acceptors (Lipinski definition) is 2. The molecule has 0 saturated heterocycles. The Morgan fingerprint density at radius 1 is 1.06 bits per heavy atom. The van der Waals surface area contributed by atoms with E-state index in [0.29, 0.717) is 17.5 Å². The lowest BCUT2D eigenvalue weighted by atomic mass is 10.4. The molecule has 16 heavy (non-hydrogen) atoms. The maximum absolute atomic E-state index is 13.4. The summed E-state index contributed by atoms with van der Waals surface area (Å²) in [5.74, 6) is -3.96. The van der Waals surface area contributed by atoms with Crippen molar-refractivity contribution in [1.82, 2.24) is 14.8 Å². The lowest BCUT2D eigenvalue weighted by molar-refractivity contribution is 0.458. The average molecular weight is 227 g/mol. The predicted octanol–water partition coefficient (Wildman–Crippen LogP) is 2.30. The van der Waals surface area contributed by atoms with Gasteiger partial charge in [-0.2, -0.15) is 14.5 Å². The van der Waals surface area contributed by atoms with E-state index in [1.165, 1.54) is 0 Å². The standard InChI is InChI=1S/C10H8F3N3/c1-5-3-6(2)16(15-5)10-8(12)4-7(11)9(13)14-10/h3-4H,1-2H3. The largest absolute Gasteiger partial charge is 0.251 e. The van der Waals surface area contributed by atoms with E-state index in [1.807, 2.05) is 0 Å². The van der Waals surface area contributed by atoms with Crippen molar-refractivity contribution in [1.29, 1.82) is 0 Å². The molecule has 0 spiro atoms. The summed E-state index contributed by atoms with van der Waals surface area (Å²) in [6, 6.07) is 2.14. The first-order valence-electron chi connectivity index (χ1n) is 4.54. The molecule has 0 aliphatic rings. The smallest absolute Gasteiger partial charge is 0.217 e. The maximum Gasteiger partial charge on any atom is 0.251 e. The van der Waals surface area contributed by atoms with Crippen molar-refractivity contribution in [3.63, 3.8) is 0 Å². The van der Waals surface area contributed by atoms with E-state index in [4.69, 9.17) is 0 Å². The number of hydrogen-bond donors (Lipinski definition) is 0. The summed E-state index contributed by atoms with van der Waals surface area (Å²) in [5.41, 5.74) is 1.23. The Morgan fingerprint density at radius 2 is 1.75 bits per heavy atom. The zero-order valence-electron chi connectivity index (χ0n) is 8.63. The monoisotopic (exact) mass is 227 g/mol. The normalized spacial score (nSPS) is 10.8. The minimum atomic E-state index is -1.34. The Morgan fingerprint density at radius 3 is 2.31 bits per heavy atom. The van der Waals surface area contributed by atoms with Gasteiger partial charge in [0.1, 0.15) is 0 Å². The lowest BCUT2D eigenvalue weighted by Crippen LogP contribution is -2.07. The van der Waals surface area contributed by atoms with Crippen LogP contribution in [0.1, 0.15) is 11.4 Å². The van der Waals surface area contributed by atoms with Gasteiger partial charge in [-0.05, 0) is 19.9 Å². The van der Waals surface area contributed by atoms with Crippen LogP contribution in [-0.2, 0) is 0 Å². The molecule has 0 N–H and O–H groups in total. The summed E-state index contributed by atoms with van der Waals surface area (Å²) < 4.78 is 40.1. The Bertz CT molecular complexity index is 548. The van der Waals surface area contributed by atoms with Crippen LogP contribution >= 0.6 is 0 Å². The molecule has 2 aromatic rings. The number of pyridine rings is 1. The zero-order valence-corrected chi connectivity index (χ0v) is 8.63. The average Bonchev–Trinajstić information content (AvgIpc) is 2.51. The van der Waals surface area contributed by atoms with E-state index in [-0.39, 0.29) is 5.82 Å². The molecule has 0 atom stereocenters. The van der Waals surface area contributed by atoms with Crippen molar-refractivity contribution in [2.75, 3.05) is 0 Å². The van der Waals surface area contributed by atoms with E-state index in [2.05, 4.69) is 10.1 Å². The third-order valence-electron chi connectivity index (χ3n) is 2.08. The van der Waals surface area contributed by atoms with Gasteiger partial charge in [0.2, 0.25) is 0 Å². The van der Waals surface area contributed by atoms with Crippen LogP contribution in [0.25, 0.3) is 5.82 Å². The Kier molecular flexibility index (Phi) is 2.41. The first-order chi connectivity index (χ1) is 7.49. The molecule has 2 heterocycles. The highest BCUT2D eigenvalue weighted by Crippen LogP contribution is 2.15. The molecule has 2 rings (SSSR count). The predicted molar refractivity (Wildman–Crippen MR) is 50.7 cm³/mol. The minimum Gasteiger partial charge on any atom is -0.217 e. The second kappa shape index (κ2) is 3.62. The SMILES string of the molecule is Cc1cc(C)n(-c2nc(F)c(F)cc2F)n1. The summed E-state index contributed by atoms with van der Waals surface area (Å²) in [5, 5.41) is 3.94. The lowest BCUT2D eigenvalue weighted by Gasteiger charge is -2.04. The molecule has 0 aliphatic heterocycles. The summed E-state index contributed by atoms with van der Waals surface area (Å²) in [6.07, 6.45) is 0. The Balaban J connectivity index is 2.64. The van der Waals surface area contributed by atoms with Gasteiger partial charge in [-0.15, -0.1) is 0 Å². The van der Waals surface area contributed by atoms with Crippen LogP contribution < -0.4 is 0 Å². The van der Waals surface area contributed by atoms with Gasteiger partial charge in [0.05, 0.1) is 5.69 Å². The van der Waals surface area contributed by atoms with Crippen molar-refractivity contribution in [2.24, 2.45) is 0 Å². The van der Waals surface area contributed by atoms with E-state index < -0.39 is 17.6 Å². The van der Waals surface area contributed by atoms with Crippen molar-refractivity contribution >= 4 is 0 Å². The Hall–Kier alpha value is -1.85. The molecular weight excluding hydrogens is 219 g/mol. The van der Waals surface area contributed by atoms with Crippen molar-refractivity contribution in [3.05, 3.63) is 41.1 Å². The van der Waals surface area contributed by atoms with Crippen molar-refractivity contribution in [3.8, 4) is 5.82 Å². The maximum atomic E-state index is 13.4. The third kappa shape index (κ3) is 1.66. The molecule has 0 fully saturated rings. The first kappa shape index (κ1) is 10.7. The molecule has 0 bridgehead atoms. The highest BCUT2D eigenvalue weighted by atomic mass is 19.2. The molecule has 0 amide bonds. The molecular formula is C10H8F3N3. The highest BCUT2D eigenvalue weighted by molar-refractivity contribution is 5.27. The number of aryl methyl sites for hydroxylation is 2. The van der Waals surface area contributed by atoms with Crippen LogP contribution in [0.15, 0.2) is 12.1 Å². The van der Waals surface area contributed by atoms with E-state index in [1.54, 1.807) is 19.9 Å². The quantitative estimate of drug-likeness (QED) is 0.700. The fraction of sp³-hybridized carbons (Fsp3) is 0.200. The molecule has 84 valence electrons. The molecule has 0 aromatic carbocycles. The van der Waals surface area contributed by atoms with Crippen LogP contribution in [0.3, 0.4) is 0 Å². The van der Waals surface area contributed by atoms with Crippen molar-refractivity contribution < 1.29 is 13.2 Å². The van der Waals surface area contributed by atoms with Gasteiger partial charge in [-0.3, -0.25) is 0 Å². The molecule has 2 aromatic heterocycles. The topological polar surface area (TPSA) is 30.7 Å². The summed E-state index contributed by atoms with van der Waals surface area (Å²) in [4.78, 5) is 3.20. The van der Waals surface area contributed by atoms with Gasteiger partial charge in [0.25, 0.3) is 5.95 Å². The second-order valence-corrected chi connectivity index (χ2v) is 3.41. The number of nitrogens with zero attached hydrogens (tertiary/aromatic N) is 3. The molecule has 0 unspecified atom stereocenters. The molecule has 0 saturated carbocycles. The van der Waals surface area contributed by atoms with Crippen LogP contribution in [0.2, 0.25) is 0 Å². The molecule has 6 heteroatoms. The van der Waals surface area contributed by atoms with Crippen LogP contribution in [-0.4, -0.2) is 14.8 Å².